The van der Waals surface area contributed by atoms with Crippen LogP contribution >= 0.6 is 11.3 Å². The smallest absolute Gasteiger partial charge is 0.267 e. The Labute approximate surface area is 213 Å². The van der Waals surface area contributed by atoms with Gasteiger partial charge in [0, 0.05) is 22.0 Å². The van der Waals surface area contributed by atoms with Gasteiger partial charge in [0.15, 0.2) is 0 Å². The molecule has 174 valence electrons. The van der Waals surface area contributed by atoms with Gasteiger partial charge in [0.05, 0.1) is 11.4 Å². The first-order valence-electron chi connectivity index (χ1n) is 11.7. The summed E-state index contributed by atoms with van der Waals surface area (Å²) in [5, 5.41) is 5.94. The standard InChI is InChI=1S/C31H23N3OS/c1-19-14-16-22(17-15-19)26-18-24(21-8-3-2-4-9-21)27-28(32)29(36-31(27)34-26)30(35)33-25-13-7-11-20-10-5-6-12-23(20)25/h2-18H,32H2,1H3,(H,33,35). The zero-order chi connectivity index (χ0) is 24.6. The Bertz CT molecular complexity index is 1730. The SMILES string of the molecule is Cc1ccc(-c2cc(-c3ccccc3)c3c(N)c(C(=O)Nc4cccc5ccccc45)sc3n2)cc1. The summed E-state index contributed by atoms with van der Waals surface area (Å²) in [4.78, 5) is 19.6. The van der Waals surface area contributed by atoms with Gasteiger partial charge in [-0.1, -0.05) is 96.6 Å². The molecule has 4 nitrogen and oxygen atoms in total. The molecule has 4 aromatic carbocycles. The lowest BCUT2D eigenvalue weighted by Crippen LogP contribution is -2.12. The third kappa shape index (κ3) is 3.89. The van der Waals surface area contributed by atoms with Crippen molar-refractivity contribution in [3.63, 3.8) is 0 Å². The molecule has 1 amide bonds. The van der Waals surface area contributed by atoms with Crippen LogP contribution in [0.4, 0.5) is 11.4 Å². The number of hydrogen-bond acceptors (Lipinski definition) is 4. The van der Waals surface area contributed by atoms with Crippen LogP contribution < -0.4 is 11.1 Å². The van der Waals surface area contributed by atoms with Gasteiger partial charge in [0.2, 0.25) is 0 Å². The van der Waals surface area contributed by atoms with E-state index in [1.54, 1.807) is 0 Å². The molecule has 0 aliphatic rings. The van der Waals surface area contributed by atoms with E-state index in [-0.39, 0.29) is 5.91 Å². The van der Waals surface area contributed by atoms with E-state index in [1.807, 2.05) is 60.7 Å². The molecule has 6 rings (SSSR count). The number of nitrogens with two attached hydrogens (primary N) is 1. The van der Waals surface area contributed by atoms with Crippen LogP contribution in [-0.4, -0.2) is 10.9 Å². The van der Waals surface area contributed by atoms with Gasteiger partial charge in [-0.2, -0.15) is 0 Å². The topological polar surface area (TPSA) is 68.0 Å². The lowest BCUT2D eigenvalue weighted by atomic mass is 9.99. The quantitative estimate of drug-likeness (QED) is 0.266. The van der Waals surface area contributed by atoms with Crippen LogP contribution in [0.3, 0.4) is 0 Å². The van der Waals surface area contributed by atoms with Crippen LogP contribution in [0.25, 0.3) is 43.4 Å². The van der Waals surface area contributed by atoms with Crippen molar-refractivity contribution in [2.75, 3.05) is 11.1 Å². The molecule has 36 heavy (non-hydrogen) atoms. The number of carbonyl (C=O) groups excluding carboxylic acids is 1. The number of anilines is 2. The number of pyridine rings is 1. The van der Waals surface area contributed by atoms with E-state index < -0.39 is 0 Å². The maximum Gasteiger partial charge on any atom is 0.267 e. The lowest BCUT2D eigenvalue weighted by Gasteiger charge is -2.10. The number of rotatable bonds is 4. The normalized spacial score (nSPS) is 11.1. The third-order valence-corrected chi connectivity index (χ3v) is 7.47. The van der Waals surface area contributed by atoms with Gasteiger partial charge in [-0.25, -0.2) is 4.98 Å². The van der Waals surface area contributed by atoms with Gasteiger partial charge in [0.1, 0.15) is 9.71 Å². The molecule has 6 aromatic rings. The van der Waals surface area contributed by atoms with Crippen LogP contribution in [0, 0.1) is 6.92 Å². The Morgan fingerprint density at radius 1 is 0.833 bits per heavy atom. The van der Waals surface area contributed by atoms with Crippen molar-refractivity contribution in [3.05, 3.63) is 114 Å². The van der Waals surface area contributed by atoms with E-state index in [0.717, 1.165) is 49.1 Å². The van der Waals surface area contributed by atoms with E-state index in [9.17, 15) is 4.79 Å². The molecule has 0 spiro atoms. The van der Waals surface area contributed by atoms with Crippen molar-refractivity contribution in [2.24, 2.45) is 0 Å². The fourth-order valence-electron chi connectivity index (χ4n) is 4.52. The Balaban J connectivity index is 1.50. The highest BCUT2D eigenvalue weighted by Crippen LogP contribution is 2.41. The number of aromatic nitrogens is 1. The number of nitrogen functional groups attached to an aromatic ring is 1. The number of hydrogen-bond donors (Lipinski definition) is 2. The third-order valence-electron chi connectivity index (χ3n) is 6.38. The molecule has 0 radical (unpaired) electrons. The first-order valence-corrected chi connectivity index (χ1v) is 12.5. The summed E-state index contributed by atoms with van der Waals surface area (Å²) in [6, 6.07) is 34.3. The Hall–Kier alpha value is -4.48. The molecule has 5 heteroatoms. The molecular formula is C31H23N3OS. The number of aryl methyl sites for hydroxylation is 1. The first-order chi connectivity index (χ1) is 17.6. The second-order valence-corrected chi connectivity index (χ2v) is 9.79. The van der Waals surface area contributed by atoms with Crippen LogP contribution in [0.1, 0.15) is 15.2 Å². The number of nitrogens with one attached hydrogen (secondary N) is 1. The molecule has 0 saturated heterocycles. The van der Waals surface area contributed by atoms with Crippen LogP contribution in [0.15, 0.2) is 103 Å². The zero-order valence-electron chi connectivity index (χ0n) is 19.7. The monoisotopic (exact) mass is 485 g/mol. The average Bonchev–Trinajstić information content (AvgIpc) is 3.26. The molecule has 3 N–H and O–H groups in total. The number of nitrogens with zero attached hydrogens (tertiary/aromatic N) is 1. The van der Waals surface area contributed by atoms with Gasteiger partial charge in [0.25, 0.3) is 5.91 Å². The lowest BCUT2D eigenvalue weighted by molar-refractivity contribution is 0.103. The van der Waals surface area contributed by atoms with Crippen molar-refractivity contribution >= 4 is 49.6 Å². The minimum absolute atomic E-state index is 0.234. The molecular weight excluding hydrogens is 462 g/mol. The van der Waals surface area contributed by atoms with E-state index in [0.29, 0.717) is 10.6 Å². The fourth-order valence-corrected chi connectivity index (χ4v) is 5.54. The second-order valence-electron chi connectivity index (χ2n) is 8.79. The summed E-state index contributed by atoms with van der Waals surface area (Å²) >= 11 is 1.33. The maximum atomic E-state index is 13.5. The van der Waals surface area contributed by atoms with Crippen molar-refractivity contribution in [1.82, 2.24) is 4.98 Å². The van der Waals surface area contributed by atoms with Crippen molar-refractivity contribution in [2.45, 2.75) is 6.92 Å². The minimum atomic E-state index is -0.234. The van der Waals surface area contributed by atoms with Crippen molar-refractivity contribution < 1.29 is 4.79 Å². The number of amides is 1. The molecule has 0 unspecified atom stereocenters. The van der Waals surface area contributed by atoms with Crippen LogP contribution in [-0.2, 0) is 0 Å². The minimum Gasteiger partial charge on any atom is -0.397 e. The summed E-state index contributed by atoms with van der Waals surface area (Å²) in [5.41, 5.74) is 12.9. The van der Waals surface area contributed by atoms with Gasteiger partial charge >= 0.3 is 0 Å². The van der Waals surface area contributed by atoms with E-state index >= 15 is 0 Å². The molecule has 0 bridgehead atoms. The number of benzene rings is 4. The Morgan fingerprint density at radius 3 is 2.36 bits per heavy atom. The van der Waals surface area contributed by atoms with Gasteiger partial charge in [-0.3, -0.25) is 4.79 Å². The maximum absolute atomic E-state index is 13.5. The highest BCUT2D eigenvalue weighted by molar-refractivity contribution is 7.21. The van der Waals surface area contributed by atoms with Gasteiger partial charge in [-0.05, 0) is 35.6 Å². The molecule has 0 aliphatic carbocycles. The molecule has 2 heterocycles. The summed E-state index contributed by atoms with van der Waals surface area (Å²) in [7, 11) is 0. The predicted octanol–water partition coefficient (Wildman–Crippen LogP) is 7.93. The first kappa shape index (κ1) is 22.0. The number of thiophene rings is 1. The van der Waals surface area contributed by atoms with Crippen molar-refractivity contribution in [1.29, 1.82) is 0 Å². The molecule has 2 aromatic heterocycles. The Kier molecular flexibility index (Phi) is 5.47. The van der Waals surface area contributed by atoms with Crippen LogP contribution in [0.5, 0.6) is 0 Å². The summed E-state index contributed by atoms with van der Waals surface area (Å²) in [6.45, 7) is 2.07. The summed E-state index contributed by atoms with van der Waals surface area (Å²) < 4.78 is 0. The summed E-state index contributed by atoms with van der Waals surface area (Å²) in [5.74, 6) is -0.234. The largest absolute Gasteiger partial charge is 0.397 e. The number of fused-ring (bicyclic) bond motifs is 2. The van der Waals surface area contributed by atoms with Gasteiger partial charge in [-0.15, -0.1) is 11.3 Å². The number of carbonyl (C=O) groups is 1. The molecule has 0 fully saturated rings. The van der Waals surface area contributed by atoms with E-state index in [4.69, 9.17) is 10.7 Å². The average molecular weight is 486 g/mol. The fraction of sp³-hybridized carbons (Fsp3) is 0.0323. The van der Waals surface area contributed by atoms with Crippen molar-refractivity contribution in [3.8, 4) is 22.4 Å². The van der Waals surface area contributed by atoms with E-state index in [2.05, 4.69) is 54.7 Å². The Morgan fingerprint density at radius 2 is 1.56 bits per heavy atom. The molecule has 0 atom stereocenters. The molecule has 0 aliphatic heterocycles. The second kappa shape index (κ2) is 8.95. The summed E-state index contributed by atoms with van der Waals surface area (Å²) in [6.07, 6.45) is 0. The highest BCUT2D eigenvalue weighted by atomic mass is 32.1. The highest BCUT2D eigenvalue weighted by Gasteiger charge is 2.22. The van der Waals surface area contributed by atoms with E-state index in [1.165, 1.54) is 16.9 Å². The molecule has 0 saturated carbocycles. The van der Waals surface area contributed by atoms with Crippen LogP contribution in [0.2, 0.25) is 0 Å². The zero-order valence-corrected chi connectivity index (χ0v) is 20.5. The predicted molar refractivity (Wildman–Crippen MR) is 152 cm³/mol. The van der Waals surface area contributed by atoms with Gasteiger partial charge < -0.3 is 11.1 Å².